The summed E-state index contributed by atoms with van der Waals surface area (Å²) in [5, 5.41) is 16.3. The summed E-state index contributed by atoms with van der Waals surface area (Å²) in [5.74, 6) is -2.05. The van der Waals surface area contributed by atoms with Crippen LogP contribution in [0.4, 0.5) is 19.0 Å². The molecule has 2 aliphatic heterocycles. The molecule has 1 spiro atoms. The number of halogens is 3. The SMILES string of the molecule is N#CC1(C(=O)N2CCC3(CC(=O)N(c4ccccn4)C3)C2)CC1.O=C(O)C(F)(F)F. The van der Waals surface area contributed by atoms with Crippen LogP contribution in [-0.2, 0) is 14.4 Å². The maximum Gasteiger partial charge on any atom is 0.490 e. The Morgan fingerprint density at radius 3 is 2.37 bits per heavy atom. The molecule has 3 heterocycles. The molecular formula is C19H19F3N4O4. The minimum absolute atomic E-state index is 0.0411. The predicted molar refractivity (Wildman–Crippen MR) is 95.8 cm³/mol. The summed E-state index contributed by atoms with van der Waals surface area (Å²) in [6, 6.07) is 7.71. The lowest BCUT2D eigenvalue weighted by Gasteiger charge is -2.24. The van der Waals surface area contributed by atoms with E-state index in [1.807, 2.05) is 18.2 Å². The summed E-state index contributed by atoms with van der Waals surface area (Å²) >= 11 is 0. The van der Waals surface area contributed by atoms with Crippen LogP contribution in [0.1, 0.15) is 25.7 Å². The Labute approximate surface area is 169 Å². The van der Waals surface area contributed by atoms with Gasteiger partial charge in [0.2, 0.25) is 11.8 Å². The van der Waals surface area contributed by atoms with Crippen molar-refractivity contribution in [3.63, 3.8) is 0 Å². The zero-order valence-corrected chi connectivity index (χ0v) is 15.9. The average molecular weight is 424 g/mol. The second-order valence-corrected chi connectivity index (χ2v) is 7.82. The van der Waals surface area contributed by atoms with Crippen LogP contribution in [0.15, 0.2) is 24.4 Å². The predicted octanol–water partition coefficient (Wildman–Crippen LogP) is 1.97. The molecule has 3 aliphatic rings. The van der Waals surface area contributed by atoms with Gasteiger partial charge in [-0.3, -0.25) is 14.5 Å². The normalized spacial score (nSPS) is 24.3. The molecule has 0 bridgehead atoms. The number of pyridine rings is 1. The van der Waals surface area contributed by atoms with E-state index >= 15 is 0 Å². The van der Waals surface area contributed by atoms with Gasteiger partial charge in [-0.15, -0.1) is 0 Å². The topological polar surface area (TPSA) is 115 Å². The molecule has 0 aromatic carbocycles. The fourth-order valence-corrected chi connectivity index (χ4v) is 3.80. The summed E-state index contributed by atoms with van der Waals surface area (Å²) in [4.78, 5) is 41.6. The van der Waals surface area contributed by atoms with Crippen LogP contribution in [0, 0.1) is 22.2 Å². The van der Waals surface area contributed by atoms with Crippen molar-refractivity contribution in [2.75, 3.05) is 24.5 Å². The number of nitriles is 1. The molecule has 1 aliphatic carbocycles. The van der Waals surface area contributed by atoms with E-state index in [9.17, 15) is 28.0 Å². The Balaban J connectivity index is 0.000000318. The van der Waals surface area contributed by atoms with Crippen LogP contribution in [0.2, 0.25) is 0 Å². The van der Waals surface area contributed by atoms with Crippen molar-refractivity contribution in [2.24, 2.45) is 10.8 Å². The van der Waals surface area contributed by atoms with Gasteiger partial charge in [0.25, 0.3) is 0 Å². The van der Waals surface area contributed by atoms with E-state index in [1.165, 1.54) is 0 Å². The van der Waals surface area contributed by atoms with E-state index in [4.69, 9.17) is 9.90 Å². The van der Waals surface area contributed by atoms with E-state index in [0.717, 1.165) is 6.42 Å². The highest BCUT2D eigenvalue weighted by Crippen LogP contribution is 2.49. The Morgan fingerprint density at radius 1 is 1.20 bits per heavy atom. The molecule has 1 unspecified atom stereocenters. The number of aliphatic carboxylic acids is 1. The molecule has 160 valence electrons. The fourth-order valence-electron chi connectivity index (χ4n) is 3.80. The van der Waals surface area contributed by atoms with Gasteiger partial charge in [-0.1, -0.05) is 6.07 Å². The third-order valence-electron chi connectivity index (χ3n) is 5.59. The Bertz CT molecular complexity index is 895. The number of hydrogen-bond donors (Lipinski definition) is 1. The number of carboxylic acid groups (broad SMARTS) is 1. The van der Waals surface area contributed by atoms with E-state index in [0.29, 0.717) is 44.7 Å². The Kier molecular flexibility index (Phi) is 5.45. The number of likely N-dealkylation sites (tertiary alicyclic amines) is 1. The Morgan fingerprint density at radius 2 is 1.87 bits per heavy atom. The first-order valence-corrected chi connectivity index (χ1v) is 9.24. The van der Waals surface area contributed by atoms with Crippen LogP contribution < -0.4 is 4.90 Å². The van der Waals surface area contributed by atoms with Crippen LogP contribution in [-0.4, -0.2) is 58.6 Å². The molecule has 2 amide bonds. The number of aromatic nitrogens is 1. The second kappa shape index (κ2) is 7.59. The van der Waals surface area contributed by atoms with E-state index in [1.54, 1.807) is 16.0 Å². The zero-order chi connectivity index (χ0) is 22.2. The molecule has 30 heavy (non-hydrogen) atoms. The number of rotatable bonds is 2. The molecule has 4 rings (SSSR count). The molecule has 1 aromatic heterocycles. The average Bonchev–Trinajstić information content (AvgIpc) is 3.30. The van der Waals surface area contributed by atoms with Gasteiger partial charge in [-0.25, -0.2) is 9.78 Å². The first-order chi connectivity index (χ1) is 14.0. The summed E-state index contributed by atoms with van der Waals surface area (Å²) < 4.78 is 31.7. The monoisotopic (exact) mass is 424 g/mol. The number of carbonyl (C=O) groups excluding carboxylic acids is 2. The molecule has 2 saturated heterocycles. The molecule has 1 atom stereocenters. The number of hydrogen-bond acceptors (Lipinski definition) is 5. The third-order valence-corrected chi connectivity index (χ3v) is 5.59. The van der Waals surface area contributed by atoms with Gasteiger partial charge in [0.15, 0.2) is 0 Å². The summed E-state index contributed by atoms with van der Waals surface area (Å²) in [6.07, 6.45) is -0.792. The molecule has 1 aromatic rings. The largest absolute Gasteiger partial charge is 0.490 e. The molecule has 1 N–H and O–H groups in total. The number of anilines is 1. The van der Waals surface area contributed by atoms with Crippen molar-refractivity contribution >= 4 is 23.6 Å². The standard InChI is InChI=1S/C17H18N4O2.C2HF3O2/c18-10-17(4-5-17)15(23)20-8-6-16(11-20)9-14(22)21(12-16)13-3-1-2-7-19-13;3-2(4,5)1(6)7/h1-3,7H,4-6,8-9,11-12H2;(H,6,7). The van der Waals surface area contributed by atoms with Crippen molar-refractivity contribution in [1.82, 2.24) is 9.88 Å². The van der Waals surface area contributed by atoms with Gasteiger partial charge in [-0.05, 0) is 31.4 Å². The van der Waals surface area contributed by atoms with Crippen LogP contribution >= 0.6 is 0 Å². The van der Waals surface area contributed by atoms with Crippen LogP contribution in [0.5, 0.6) is 0 Å². The Hall–Kier alpha value is -3.16. The smallest absolute Gasteiger partial charge is 0.475 e. The third kappa shape index (κ3) is 4.22. The number of nitrogens with zero attached hydrogens (tertiary/aromatic N) is 4. The molecule has 11 heteroatoms. The molecule has 1 saturated carbocycles. The molecule has 0 radical (unpaired) electrons. The van der Waals surface area contributed by atoms with Crippen molar-refractivity contribution in [3.8, 4) is 6.07 Å². The van der Waals surface area contributed by atoms with Gasteiger partial charge in [0.1, 0.15) is 11.2 Å². The quantitative estimate of drug-likeness (QED) is 0.776. The van der Waals surface area contributed by atoms with E-state index < -0.39 is 17.6 Å². The molecule has 8 nitrogen and oxygen atoms in total. The van der Waals surface area contributed by atoms with Gasteiger partial charge >= 0.3 is 12.1 Å². The van der Waals surface area contributed by atoms with Gasteiger partial charge in [0, 0.05) is 37.7 Å². The summed E-state index contributed by atoms with van der Waals surface area (Å²) in [7, 11) is 0. The van der Waals surface area contributed by atoms with Crippen molar-refractivity contribution in [3.05, 3.63) is 24.4 Å². The maximum atomic E-state index is 12.5. The zero-order valence-electron chi connectivity index (χ0n) is 15.9. The highest BCUT2D eigenvalue weighted by atomic mass is 19.4. The van der Waals surface area contributed by atoms with E-state index in [-0.39, 0.29) is 17.2 Å². The summed E-state index contributed by atoms with van der Waals surface area (Å²) in [6.45, 7) is 1.82. The van der Waals surface area contributed by atoms with E-state index in [2.05, 4.69) is 11.1 Å². The number of carboxylic acids is 1. The number of alkyl halides is 3. The van der Waals surface area contributed by atoms with Gasteiger partial charge in [0.05, 0.1) is 6.07 Å². The van der Waals surface area contributed by atoms with Gasteiger partial charge in [-0.2, -0.15) is 18.4 Å². The lowest BCUT2D eigenvalue weighted by molar-refractivity contribution is -0.192. The highest BCUT2D eigenvalue weighted by molar-refractivity contribution is 5.96. The summed E-state index contributed by atoms with van der Waals surface area (Å²) in [5.41, 5.74) is -0.954. The maximum absolute atomic E-state index is 12.5. The lowest BCUT2D eigenvalue weighted by Crippen LogP contribution is -2.38. The minimum atomic E-state index is -5.08. The second-order valence-electron chi connectivity index (χ2n) is 7.82. The van der Waals surface area contributed by atoms with Crippen molar-refractivity contribution < 1.29 is 32.7 Å². The molecular weight excluding hydrogens is 405 g/mol. The minimum Gasteiger partial charge on any atom is -0.475 e. The van der Waals surface area contributed by atoms with Gasteiger partial charge < -0.3 is 10.0 Å². The lowest BCUT2D eigenvalue weighted by atomic mass is 9.86. The highest BCUT2D eigenvalue weighted by Gasteiger charge is 2.56. The van der Waals surface area contributed by atoms with Crippen molar-refractivity contribution in [2.45, 2.75) is 31.9 Å². The van der Waals surface area contributed by atoms with Crippen LogP contribution in [0.3, 0.4) is 0 Å². The van der Waals surface area contributed by atoms with Crippen LogP contribution in [0.25, 0.3) is 0 Å². The number of carbonyl (C=O) groups is 3. The first kappa shape index (κ1) is 21.5. The van der Waals surface area contributed by atoms with Crippen molar-refractivity contribution in [1.29, 1.82) is 5.26 Å². The number of amides is 2. The molecule has 3 fully saturated rings. The first-order valence-electron chi connectivity index (χ1n) is 9.24. The fraction of sp³-hybridized carbons (Fsp3) is 0.526.